The first-order chi connectivity index (χ1) is 7.15. The van der Waals surface area contributed by atoms with Crippen molar-refractivity contribution in [1.82, 2.24) is 14.5 Å². The molecular weight excluding hydrogens is 192 g/mol. The summed E-state index contributed by atoms with van der Waals surface area (Å²) in [6.07, 6.45) is 4.00. The molecule has 1 aliphatic heterocycles. The van der Waals surface area contributed by atoms with Gasteiger partial charge in [0, 0.05) is 26.1 Å². The Balaban J connectivity index is 2.34. The lowest BCUT2D eigenvalue weighted by molar-refractivity contribution is -0.127. The van der Waals surface area contributed by atoms with Gasteiger partial charge in [-0.05, 0) is 6.92 Å². The van der Waals surface area contributed by atoms with E-state index in [1.165, 1.54) is 0 Å². The van der Waals surface area contributed by atoms with Gasteiger partial charge in [0.15, 0.2) is 0 Å². The molecule has 1 saturated heterocycles. The average Bonchev–Trinajstić information content (AvgIpc) is 2.73. The number of aryl methyl sites for hydroxylation is 1. The lowest BCUT2D eigenvalue weighted by Gasteiger charge is -2.23. The second kappa shape index (κ2) is 3.66. The Morgan fingerprint density at radius 2 is 2.40 bits per heavy atom. The SMILES string of the molecule is CCn1cncc1[C@@H]1[C@@H](N)CC(=O)N1C. The molecule has 2 heterocycles. The van der Waals surface area contributed by atoms with Crippen LogP contribution in [-0.2, 0) is 11.3 Å². The highest BCUT2D eigenvalue weighted by molar-refractivity contribution is 5.79. The van der Waals surface area contributed by atoms with E-state index >= 15 is 0 Å². The molecule has 0 spiro atoms. The third-order valence-electron chi connectivity index (χ3n) is 3.01. The topological polar surface area (TPSA) is 64.2 Å². The molecule has 1 aromatic rings. The van der Waals surface area contributed by atoms with Crippen LogP contribution in [0.5, 0.6) is 0 Å². The first-order valence-electron chi connectivity index (χ1n) is 5.16. The van der Waals surface area contributed by atoms with E-state index in [2.05, 4.69) is 4.98 Å². The van der Waals surface area contributed by atoms with Gasteiger partial charge in [-0.3, -0.25) is 4.79 Å². The molecule has 2 rings (SSSR count). The standard InChI is InChI=1S/C10H16N4O/c1-3-14-6-12-5-8(14)10-7(11)4-9(15)13(10)2/h5-7,10H,3-4,11H2,1-2H3/t7-,10-/m0/s1. The number of likely N-dealkylation sites (tertiary alicyclic amines) is 1. The average molecular weight is 208 g/mol. The van der Waals surface area contributed by atoms with Gasteiger partial charge in [0.1, 0.15) is 0 Å². The van der Waals surface area contributed by atoms with Gasteiger partial charge in [-0.25, -0.2) is 4.98 Å². The van der Waals surface area contributed by atoms with Crippen LogP contribution in [0.4, 0.5) is 0 Å². The Bertz CT molecular complexity index is 373. The zero-order valence-electron chi connectivity index (χ0n) is 9.05. The predicted molar refractivity (Wildman–Crippen MR) is 56.0 cm³/mol. The molecule has 0 aromatic carbocycles. The fourth-order valence-corrected chi connectivity index (χ4v) is 2.16. The monoisotopic (exact) mass is 208 g/mol. The number of carbonyl (C=O) groups is 1. The summed E-state index contributed by atoms with van der Waals surface area (Å²) in [7, 11) is 1.80. The van der Waals surface area contributed by atoms with E-state index in [-0.39, 0.29) is 18.0 Å². The third kappa shape index (κ3) is 1.52. The lowest BCUT2D eigenvalue weighted by atomic mass is 10.1. The van der Waals surface area contributed by atoms with Crippen LogP contribution in [0.2, 0.25) is 0 Å². The van der Waals surface area contributed by atoms with Crippen molar-refractivity contribution in [2.45, 2.75) is 32.0 Å². The summed E-state index contributed by atoms with van der Waals surface area (Å²) in [5.74, 6) is 0.108. The largest absolute Gasteiger partial charge is 0.336 e. The first kappa shape index (κ1) is 10.2. The smallest absolute Gasteiger partial charge is 0.224 e. The van der Waals surface area contributed by atoms with Crippen molar-refractivity contribution in [3.8, 4) is 0 Å². The summed E-state index contributed by atoms with van der Waals surface area (Å²) in [5.41, 5.74) is 7.00. The minimum Gasteiger partial charge on any atom is -0.336 e. The van der Waals surface area contributed by atoms with Gasteiger partial charge in [0.25, 0.3) is 0 Å². The van der Waals surface area contributed by atoms with Gasteiger partial charge in [0.05, 0.1) is 24.3 Å². The quantitative estimate of drug-likeness (QED) is 0.751. The fraction of sp³-hybridized carbons (Fsp3) is 0.600. The first-order valence-corrected chi connectivity index (χ1v) is 5.16. The van der Waals surface area contributed by atoms with Crippen LogP contribution in [0, 0.1) is 0 Å². The summed E-state index contributed by atoms with van der Waals surface area (Å²) < 4.78 is 2.03. The van der Waals surface area contributed by atoms with Crippen LogP contribution >= 0.6 is 0 Å². The summed E-state index contributed by atoms with van der Waals surface area (Å²) in [4.78, 5) is 17.3. The number of likely N-dealkylation sites (N-methyl/N-ethyl adjacent to an activating group) is 1. The highest BCUT2D eigenvalue weighted by Crippen LogP contribution is 2.30. The van der Waals surface area contributed by atoms with Gasteiger partial charge in [-0.1, -0.05) is 0 Å². The van der Waals surface area contributed by atoms with E-state index in [4.69, 9.17) is 5.73 Å². The highest BCUT2D eigenvalue weighted by atomic mass is 16.2. The van der Waals surface area contributed by atoms with Crippen LogP contribution in [0.1, 0.15) is 25.1 Å². The molecule has 1 fully saturated rings. The second-order valence-corrected chi connectivity index (χ2v) is 3.92. The summed E-state index contributed by atoms with van der Waals surface area (Å²) in [6, 6.07) is -0.149. The van der Waals surface area contributed by atoms with Crippen molar-refractivity contribution >= 4 is 5.91 Å². The van der Waals surface area contributed by atoms with Crippen molar-refractivity contribution in [2.24, 2.45) is 5.73 Å². The number of hydrogen-bond acceptors (Lipinski definition) is 3. The van der Waals surface area contributed by atoms with Crippen molar-refractivity contribution in [1.29, 1.82) is 0 Å². The Labute approximate surface area is 88.9 Å². The Morgan fingerprint density at radius 3 is 2.93 bits per heavy atom. The molecule has 1 aromatic heterocycles. The van der Waals surface area contributed by atoms with Gasteiger partial charge in [-0.2, -0.15) is 0 Å². The number of amides is 1. The van der Waals surface area contributed by atoms with Crippen molar-refractivity contribution in [3.63, 3.8) is 0 Å². The normalized spacial score (nSPS) is 26.3. The number of imidazole rings is 1. The van der Waals surface area contributed by atoms with E-state index in [9.17, 15) is 4.79 Å². The third-order valence-corrected chi connectivity index (χ3v) is 3.01. The molecule has 0 saturated carbocycles. The van der Waals surface area contributed by atoms with Crippen LogP contribution in [0.25, 0.3) is 0 Å². The molecule has 0 unspecified atom stereocenters. The molecule has 2 atom stereocenters. The van der Waals surface area contributed by atoms with E-state index in [0.717, 1.165) is 12.2 Å². The zero-order chi connectivity index (χ0) is 11.0. The molecule has 5 heteroatoms. The lowest BCUT2D eigenvalue weighted by Crippen LogP contribution is -2.31. The van der Waals surface area contributed by atoms with E-state index < -0.39 is 0 Å². The summed E-state index contributed by atoms with van der Waals surface area (Å²) >= 11 is 0. The molecule has 0 radical (unpaired) electrons. The maximum Gasteiger partial charge on any atom is 0.224 e. The Kier molecular flexibility index (Phi) is 2.48. The van der Waals surface area contributed by atoms with Crippen LogP contribution in [0.3, 0.4) is 0 Å². The number of rotatable bonds is 2. The number of nitrogens with two attached hydrogens (primary N) is 1. The molecule has 5 nitrogen and oxygen atoms in total. The number of carbonyl (C=O) groups excluding carboxylic acids is 1. The van der Waals surface area contributed by atoms with Gasteiger partial charge >= 0.3 is 0 Å². The van der Waals surface area contributed by atoms with Crippen molar-refractivity contribution in [3.05, 3.63) is 18.2 Å². The van der Waals surface area contributed by atoms with Crippen LogP contribution in [0.15, 0.2) is 12.5 Å². The predicted octanol–water partition coefficient (Wildman–Crippen LogP) is 0.133. The molecular formula is C10H16N4O. The summed E-state index contributed by atoms with van der Waals surface area (Å²) in [5, 5.41) is 0. The Morgan fingerprint density at radius 1 is 1.67 bits per heavy atom. The molecule has 0 bridgehead atoms. The molecule has 1 aliphatic rings. The maximum atomic E-state index is 11.5. The van der Waals surface area contributed by atoms with Gasteiger partial charge in [-0.15, -0.1) is 0 Å². The van der Waals surface area contributed by atoms with E-state index in [0.29, 0.717) is 6.42 Å². The Hall–Kier alpha value is -1.36. The number of nitrogens with zero attached hydrogens (tertiary/aromatic N) is 3. The van der Waals surface area contributed by atoms with E-state index in [1.807, 2.05) is 11.5 Å². The molecule has 0 aliphatic carbocycles. The fourth-order valence-electron chi connectivity index (χ4n) is 2.16. The zero-order valence-corrected chi connectivity index (χ0v) is 9.05. The van der Waals surface area contributed by atoms with Gasteiger partial charge in [0.2, 0.25) is 5.91 Å². The minimum absolute atomic E-state index is 0.0278. The highest BCUT2D eigenvalue weighted by Gasteiger charge is 2.37. The van der Waals surface area contributed by atoms with Crippen LogP contribution in [-0.4, -0.2) is 33.4 Å². The van der Waals surface area contributed by atoms with Gasteiger partial charge < -0.3 is 15.2 Å². The van der Waals surface area contributed by atoms with Crippen molar-refractivity contribution < 1.29 is 4.79 Å². The molecule has 2 N–H and O–H groups in total. The van der Waals surface area contributed by atoms with E-state index in [1.54, 1.807) is 24.5 Å². The summed E-state index contributed by atoms with van der Waals surface area (Å²) in [6.45, 7) is 2.90. The number of hydrogen-bond donors (Lipinski definition) is 1. The number of aromatic nitrogens is 2. The minimum atomic E-state index is -0.121. The van der Waals surface area contributed by atoms with Crippen molar-refractivity contribution in [2.75, 3.05) is 7.05 Å². The maximum absolute atomic E-state index is 11.5. The molecule has 82 valence electrons. The van der Waals surface area contributed by atoms with Crippen LogP contribution < -0.4 is 5.73 Å². The molecule has 15 heavy (non-hydrogen) atoms. The molecule has 1 amide bonds. The second-order valence-electron chi connectivity index (χ2n) is 3.92.